The molecule has 1 unspecified atom stereocenters. The van der Waals surface area contributed by atoms with E-state index >= 15 is 0 Å². The smallest absolute Gasteiger partial charge is 0.195 e. The van der Waals surface area contributed by atoms with Crippen LogP contribution in [0.15, 0.2) is 12.1 Å². The van der Waals surface area contributed by atoms with E-state index in [-0.39, 0.29) is 11.7 Å². The summed E-state index contributed by atoms with van der Waals surface area (Å²) in [6, 6.07) is 3.87. The zero-order valence-corrected chi connectivity index (χ0v) is 12.0. The van der Waals surface area contributed by atoms with Crippen molar-refractivity contribution in [1.29, 1.82) is 0 Å². The summed E-state index contributed by atoms with van der Waals surface area (Å²) in [6.45, 7) is 7.86. The molecule has 0 spiro atoms. The second kappa shape index (κ2) is 6.01. The second-order valence-electron chi connectivity index (χ2n) is 4.92. The largest absolute Gasteiger partial charge is 0.496 e. The summed E-state index contributed by atoms with van der Waals surface area (Å²) in [5.41, 5.74) is 2.64. The molecule has 0 aliphatic carbocycles. The Morgan fingerprint density at radius 3 is 2.22 bits per heavy atom. The lowest BCUT2D eigenvalue weighted by Crippen LogP contribution is -2.29. The van der Waals surface area contributed by atoms with Gasteiger partial charge in [-0.1, -0.05) is 19.9 Å². The fraction of sp³-hybridized carbons (Fsp3) is 0.533. The van der Waals surface area contributed by atoms with Gasteiger partial charge in [0.25, 0.3) is 0 Å². The van der Waals surface area contributed by atoms with E-state index in [2.05, 4.69) is 0 Å². The van der Waals surface area contributed by atoms with E-state index in [0.717, 1.165) is 11.1 Å². The van der Waals surface area contributed by atoms with Crippen LogP contribution in [-0.2, 0) is 4.74 Å². The molecular weight excluding hydrogens is 228 g/mol. The van der Waals surface area contributed by atoms with Crippen LogP contribution in [0.3, 0.4) is 0 Å². The van der Waals surface area contributed by atoms with Crippen LogP contribution in [0.25, 0.3) is 0 Å². The maximum absolute atomic E-state index is 12.5. The van der Waals surface area contributed by atoms with Gasteiger partial charge in [0.15, 0.2) is 5.78 Å². The van der Waals surface area contributed by atoms with Crippen molar-refractivity contribution in [2.45, 2.75) is 33.8 Å². The molecule has 0 heterocycles. The van der Waals surface area contributed by atoms with E-state index in [1.807, 2.05) is 39.8 Å². The number of hydrogen-bond acceptors (Lipinski definition) is 3. The van der Waals surface area contributed by atoms with Crippen molar-refractivity contribution in [1.82, 2.24) is 0 Å². The van der Waals surface area contributed by atoms with Crippen LogP contribution in [0, 0.1) is 19.8 Å². The van der Waals surface area contributed by atoms with E-state index in [0.29, 0.717) is 11.3 Å². The van der Waals surface area contributed by atoms with Crippen LogP contribution in [0.2, 0.25) is 0 Å². The number of Topliss-reactive ketones (excluding diaryl/α,β-unsaturated/α-hetero) is 1. The molecule has 0 bridgehead atoms. The van der Waals surface area contributed by atoms with E-state index in [4.69, 9.17) is 9.47 Å². The number of aryl methyl sites for hydroxylation is 2. The first kappa shape index (κ1) is 14.7. The molecule has 0 aromatic heterocycles. The lowest BCUT2D eigenvalue weighted by Gasteiger charge is -2.20. The van der Waals surface area contributed by atoms with Gasteiger partial charge < -0.3 is 9.47 Å². The predicted octanol–water partition coefficient (Wildman–Crippen LogP) is 3.17. The van der Waals surface area contributed by atoms with Gasteiger partial charge in [-0.05, 0) is 37.0 Å². The fourth-order valence-electron chi connectivity index (χ4n) is 2.23. The molecule has 100 valence electrons. The van der Waals surface area contributed by atoms with Crippen LogP contribution < -0.4 is 4.74 Å². The van der Waals surface area contributed by atoms with Gasteiger partial charge in [-0.15, -0.1) is 0 Å². The number of ketones is 1. The molecular formula is C15H22O3. The van der Waals surface area contributed by atoms with Crippen molar-refractivity contribution in [2.24, 2.45) is 5.92 Å². The number of ether oxygens (including phenoxy) is 2. The lowest BCUT2D eigenvalue weighted by atomic mass is 9.93. The van der Waals surface area contributed by atoms with Crippen LogP contribution >= 0.6 is 0 Å². The van der Waals surface area contributed by atoms with Crippen LogP contribution in [0.4, 0.5) is 0 Å². The SMILES string of the molecule is COc1cc(C)cc(C)c1C(=O)C(OC)C(C)C. The minimum absolute atomic E-state index is 0.0122. The monoisotopic (exact) mass is 250 g/mol. The molecule has 0 fully saturated rings. The van der Waals surface area contributed by atoms with Crippen LogP contribution in [-0.4, -0.2) is 26.1 Å². The number of benzene rings is 1. The Morgan fingerprint density at radius 1 is 1.17 bits per heavy atom. The van der Waals surface area contributed by atoms with E-state index in [1.165, 1.54) is 0 Å². The first-order chi connectivity index (χ1) is 8.42. The summed E-state index contributed by atoms with van der Waals surface area (Å²) < 4.78 is 10.6. The quantitative estimate of drug-likeness (QED) is 0.753. The number of methoxy groups -OCH3 is 2. The summed E-state index contributed by atoms with van der Waals surface area (Å²) in [7, 11) is 3.15. The van der Waals surface area contributed by atoms with Gasteiger partial charge in [-0.25, -0.2) is 0 Å². The second-order valence-corrected chi connectivity index (χ2v) is 4.92. The van der Waals surface area contributed by atoms with E-state index < -0.39 is 6.10 Å². The maximum atomic E-state index is 12.5. The molecule has 0 saturated heterocycles. The summed E-state index contributed by atoms with van der Waals surface area (Å²) in [6.07, 6.45) is -0.430. The fourth-order valence-corrected chi connectivity index (χ4v) is 2.23. The molecule has 3 nitrogen and oxygen atoms in total. The molecule has 0 radical (unpaired) electrons. The Balaban J connectivity index is 3.27. The third-order valence-corrected chi connectivity index (χ3v) is 3.03. The molecule has 0 saturated carbocycles. The van der Waals surface area contributed by atoms with Crippen molar-refractivity contribution >= 4 is 5.78 Å². The van der Waals surface area contributed by atoms with Crippen molar-refractivity contribution in [3.8, 4) is 5.75 Å². The van der Waals surface area contributed by atoms with Gasteiger partial charge in [0.05, 0.1) is 12.7 Å². The van der Waals surface area contributed by atoms with Crippen molar-refractivity contribution < 1.29 is 14.3 Å². The van der Waals surface area contributed by atoms with Gasteiger partial charge in [0, 0.05) is 7.11 Å². The Morgan fingerprint density at radius 2 is 1.78 bits per heavy atom. The zero-order valence-electron chi connectivity index (χ0n) is 12.0. The van der Waals surface area contributed by atoms with E-state index in [9.17, 15) is 4.79 Å². The van der Waals surface area contributed by atoms with Crippen molar-refractivity contribution in [3.63, 3.8) is 0 Å². The standard InChI is InChI=1S/C15H22O3/c1-9(2)15(18-6)14(16)13-11(4)7-10(3)8-12(13)17-5/h7-9,15H,1-6H3. The topological polar surface area (TPSA) is 35.5 Å². The Bertz CT molecular complexity index is 436. The predicted molar refractivity (Wildman–Crippen MR) is 72.4 cm³/mol. The zero-order chi connectivity index (χ0) is 13.9. The first-order valence-corrected chi connectivity index (χ1v) is 6.14. The summed E-state index contributed by atoms with van der Waals surface area (Å²) >= 11 is 0. The highest BCUT2D eigenvalue weighted by atomic mass is 16.5. The number of hydrogen-bond donors (Lipinski definition) is 0. The molecule has 1 rings (SSSR count). The molecule has 3 heteroatoms. The third kappa shape index (κ3) is 2.91. The average molecular weight is 250 g/mol. The molecule has 18 heavy (non-hydrogen) atoms. The normalized spacial score (nSPS) is 12.6. The summed E-state index contributed by atoms with van der Waals surface area (Å²) in [5, 5.41) is 0. The molecule has 0 amide bonds. The Hall–Kier alpha value is -1.35. The molecule has 0 aliphatic rings. The van der Waals surface area contributed by atoms with Gasteiger partial charge in [0.1, 0.15) is 11.9 Å². The number of carbonyl (C=O) groups is 1. The average Bonchev–Trinajstić information content (AvgIpc) is 2.27. The van der Waals surface area contributed by atoms with Gasteiger partial charge in [-0.2, -0.15) is 0 Å². The molecule has 1 aromatic carbocycles. The van der Waals surface area contributed by atoms with Crippen LogP contribution in [0.1, 0.15) is 35.3 Å². The highest BCUT2D eigenvalue weighted by molar-refractivity contribution is 6.03. The Labute approximate surface area is 109 Å². The highest BCUT2D eigenvalue weighted by Gasteiger charge is 2.27. The van der Waals surface area contributed by atoms with Gasteiger partial charge in [0.2, 0.25) is 0 Å². The lowest BCUT2D eigenvalue weighted by molar-refractivity contribution is 0.0455. The summed E-state index contributed by atoms with van der Waals surface area (Å²) in [4.78, 5) is 12.5. The first-order valence-electron chi connectivity index (χ1n) is 6.14. The molecule has 1 aromatic rings. The third-order valence-electron chi connectivity index (χ3n) is 3.03. The van der Waals surface area contributed by atoms with Crippen molar-refractivity contribution in [2.75, 3.05) is 14.2 Å². The van der Waals surface area contributed by atoms with Gasteiger partial charge in [-0.3, -0.25) is 4.79 Å². The molecule has 0 N–H and O–H groups in total. The van der Waals surface area contributed by atoms with Crippen LogP contribution in [0.5, 0.6) is 5.75 Å². The Kier molecular flexibility index (Phi) is 4.91. The molecule has 0 aliphatic heterocycles. The number of rotatable bonds is 5. The van der Waals surface area contributed by atoms with Gasteiger partial charge >= 0.3 is 0 Å². The summed E-state index contributed by atoms with van der Waals surface area (Å²) in [5.74, 6) is 0.745. The minimum atomic E-state index is -0.430. The number of carbonyl (C=O) groups excluding carboxylic acids is 1. The van der Waals surface area contributed by atoms with Crippen molar-refractivity contribution in [3.05, 3.63) is 28.8 Å². The minimum Gasteiger partial charge on any atom is -0.496 e. The van der Waals surface area contributed by atoms with E-state index in [1.54, 1.807) is 14.2 Å². The highest BCUT2D eigenvalue weighted by Crippen LogP contribution is 2.27. The molecule has 1 atom stereocenters. The maximum Gasteiger partial charge on any atom is 0.195 e.